The topological polar surface area (TPSA) is 108 Å². The van der Waals surface area contributed by atoms with E-state index in [1.807, 2.05) is 0 Å². The molecule has 142 valence electrons. The molecular formula is C20H17N3O4S. The van der Waals surface area contributed by atoms with E-state index in [1.54, 1.807) is 36.4 Å². The van der Waals surface area contributed by atoms with Gasteiger partial charge in [-0.25, -0.2) is 13.4 Å². The molecule has 1 aromatic heterocycles. The summed E-state index contributed by atoms with van der Waals surface area (Å²) in [4.78, 5) is 16.0. The molecule has 0 atom stereocenters. The van der Waals surface area contributed by atoms with Gasteiger partial charge >= 0.3 is 0 Å². The molecule has 0 saturated carbocycles. The second kappa shape index (κ2) is 8.36. The molecule has 0 spiro atoms. The quantitative estimate of drug-likeness (QED) is 0.555. The number of phenolic OH excluding ortho intramolecular Hbond substituents is 1. The smallest absolute Gasteiger partial charge is 0.263 e. The predicted octanol–water partition coefficient (Wildman–Crippen LogP) is 3.24. The number of hydrogen-bond acceptors (Lipinski definition) is 5. The molecule has 3 N–H and O–H groups in total. The molecule has 0 unspecified atom stereocenters. The van der Waals surface area contributed by atoms with Gasteiger partial charge in [0, 0.05) is 18.0 Å². The Morgan fingerprint density at radius 1 is 1.00 bits per heavy atom. The van der Waals surface area contributed by atoms with Crippen molar-refractivity contribution in [1.82, 2.24) is 4.98 Å². The molecule has 0 aliphatic carbocycles. The minimum absolute atomic E-state index is 0.0476. The summed E-state index contributed by atoms with van der Waals surface area (Å²) in [7, 11) is -3.77. The predicted molar refractivity (Wildman–Crippen MR) is 107 cm³/mol. The van der Waals surface area contributed by atoms with Gasteiger partial charge in [0.25, 0.3) is 10.0 Å². The van der Waals surface area contributed by atoms with Gasteiger partial charge in [0.1, 0.15) is 11.6 Å². The van der Waals surface area contributed by atoms with Crippen molar-refractivity contribution in [3.05, 3.63) is 84.6 Å². The van der Waals surface area contributed by atoms with Gasteiger partial charge in [-0.15, -0.1) is 0 Å². The molecule has 0 fully saturated rings. The maximum Gasteiger partial charge on any atom is 0.263 e. The molecule has 3 aromatic rings. The Balaban J connectivity index is 1.64. The number of hydrogen-bond donors (Lipinski definition) is 3. The summed E-state index contributed by atoms with van der Waals surface area (Å²) in [6, 6.07) is 17.2. The van der Waals surface area contributed by atoms with Crippen LogP contribution in [0.3, 0.4) is 0 Å². The minimum atomic E-state index is -3.77. The molecule has 8 heteroatoms. The van der Waals surface area contributed by atoms with E-state index < -0.39 is 10.0 Å². The van der Waals surface area contributed by atoms with Gasteiger partial charge in [-0.3, -0.25) is 9.52 Å². The van der Waals surface area contributed by atoms with E-state index in [1.165, 1.54) is 48.7 Å². The zero-order valence-electron chi connectivity index (χ0n) is 14.6. The van der Waals surface area contributed by atoms with Crippen LogP contribution in [0.1, 0.15) is 5.56 Å². The van der Waals surface area contributed by atoms with Crippen LogP contribution in [0, 0.1) is 0 Å². The average Bonchev–Trinajstić information content (AvgIpc) is 2.67. The highest BCUT2D eigenvalue weighted by atomic mass is 32.2. The van der Waals surface area contributed by atoms with Crippen molar-refractivity contribution in [2.75, 3.05) is 10.0 Å². The van der Waals surface area contributed by atoms with Crippen LogP contribution in [0.5, 0.6) is 5.75 Å². The number of nitrogens with zero attached hydrogens (tertiary/aromatic N) is 1. The summed E-state index contributed by atoms with van der Waals surface area (Å²) in [5.41, 5.74) is 1.12. The third-order valence-corrected chi connectivity index (χ3v) is 5.00. The average molecular weight is 395 g/mol. The summed E-state index contributed by atoms with van der Waals surface area (Å²) in [5.74, 6) is -0.0544. The van der Waals surface area contributed by atoms with Crippen molar-refractivity contribution >= 4 is 33.5 Å². The summed E-state index contributed by atoms with van der Waals surface area (Å²) in [6.07, 6.45) is 4.37. The van der Waals surface area contributed by atoms with Gasteiger partial charge in [0.15, 0.2) is 0 Å². The van der Waals surface area contributed by atoms with E-state index in [0.717, 1.165) is 0 Å². The molecule has 0 aliphatic heterocycles. The largest absolute Gasteiger partial charge is 0.508 e. The number of carbonyl (C=O) groups is 1. The number of rotatable bonds is 6. The molecule has 2 aromatic carbocycles. The van der Waals surface area contributed by atoms with Crippen molar-refractivity contribution in [3.8, 4) is 5.75 Å². The van der Waals surface area contributed by atoms with Gasteiger partial charge in [-0.05, 0) is 60.2 Å². The number of carbonyl (C=O) groups excluding carboxylic acids is 1. The second-order valence-electron chi connectivity index (χ2n) is 5.76. The Hall–Kier alpha value is -3.65. The summed E-state index contributed by atoms with van der Waals surface area (Å²) in [6.45, 7) is 0. The first-order valence-corrected chi connectivity index (χ1v) is 9.73. The molecule has 0 bridgehead atoms. The standard InChI is InChI=1S/C20H17N3O4S/c24-17-5-3-4-15(14-17)7-12-20(25)22-16-8-10-18(11-9-16)28(26,27)23-19-6-1-2-13-21-19/h1-14,24H,(H,21,23)(H,22,25). The Morgan fingerprint density at radius 2 is 1.79 bits per heavy atom. The highest BCUT2D eigenvalue weighted by molar-refractivity contribution is 7.92. The molecule has 0 aliphatic rings. The third-order valence-electron chi connectivity index (χ3n) is 3.63. The third kappa shape index (κ3) is 5.18. The second-order valence-corrected chi connectivity index (χ2v) is 7.44. The number of phenols is 1. The summed E-state index contributed by atoms with van der Waals surface area (Å²) in [5, 5.41) is 12.0. The first kappa shape index (κ1) is 19.1. The van der Waals surface area contributed by atoms with Crippen LogP contribution < -0.4 is 10.0 Å². The van der Waals surface area contributed by atoms with Crippen molar-refractivity contribution in [1.29, 1.82) is 0 Å². The Morgan fingerprint density at radius 3 is 2.46 bits per heavy atom. The fourth-order valence-electron chi connectivity index (χ4n) is 2.32. The van der Waals surface area contributed by atoms with Gasteiger partial charge in [0.2, 0.25) is 5.91 Å². The lowest BCUT2D eigenvalue weighted by atomic mass is 10.2. The molecule has 28 heavy (non-hydrogen) atoms. The lowest BCUT2D eigenvalue weighted by Gasteiger charge is -2.08. The number of anilines is 2. The van der Waals surface area contributed by atoms with E-state index in [4.69, 9.17) is 0 Å². The van der Waals surface area contributed by atoms with Gasteiger partial charge < -0.3 is 10.4 Å². The number of benzene rings is 2. The fraction of sp³-hybridized carbons (Fsp3) is 0. The molecule has 7 nitrogen and oxygen atoms in total. The van der Waals surface area contributed by atoms with Gasteiger partial charge in [0.05, 0.1) is 4.90 Å². The van der Waals surface area contributed by atoms with Crippen LogP contribution in [0.4, 0.5) is 11.5 Å². The van der Waals surface area contributed by atoms with Crippen LogP contribution >= 0.6 is 0 Å². The molecule has 0 saturated heterocycles. The maximum atomic E-state index is 12.4. The Kier molecular flexibility index (Phi) is 5.71. The molecule has 3 rings (SSSR count). The number of pyridine rings is 1. The van der Waals surface area contributed by atoms with Crippen LogP contribution in [0.2, 0.25) is 0 Å². The first-order valence-electron chi connectivity index (χ1n) is 8.24. The molecular weight excluding hydrogens is 378 g/mol. The Bertz CT molecular complexity index is 1100. The number of aromatic hydroxyl groups is 1. The zero-order valence-corrected chi connectivity index (χ0v) is 15.4. The van der Waals surface area contributed by atoms with E-state index in [0.29, 0.717) is 11.3 Å². The fourth-order valence-corrected chi connectivity index (χ4v) is 3.33. The molecule has 1 heterocycles. The van der Waals surface area contributed by atoms with E-state index >= 15 is 0 Å². The van der Waals surface area contributed by atoms with Gasteiger partial charge in [-0.1, -0.05) is 18.2 Å². The van der Waals surface area contributed by atoms with Crippen molar-refractivity contribution in [2.45, 2.75) is 4.90 Å². The van der Waals surface area contributed by atoms with E-state index in [9.17, 15) is 18.3 Å². The number of aromatic nitrogens is 1. The lowest BCUT2D eigenvalue weighted by Crippen LogP contribution is -2.14. The van der Waals surface area contributed by atoms with E-state index in [-0.39, 0.29) is 22.4 Å². The highest BCUT2D eigenvalue weighted by Crippen LogP contribution is 2.17. The summed E-state index contributed by atoms with van der Waals surface area (Å²) < 4.78 is 27.1. The Labute approximate surface area is 162 Å². The zero-order chi connectivity index (χ0) is 20.0. The number of nitrogens with one attached hydrogen (secondary N) is 2. The normalized spacial score (nSPS) is 11.3. The van der Waals surface area contributed by atoms with Crippen molar-refractivity contribution in [2.24, 2.45) is 0 Å². The van der Waals surface area contributed by atoms with Crippen molar-refractivity contribution < 1.29 is 18.3 Å². The SMILES string of the molecule is O=C(C=Cc1cccc(O)c1)Nc1ccc(S(=O)(=O)Nc2ccccn2)cc1. The van der Waals surface area contributed by atoms with Crippen LogP contribution in [0.15, 0.2) is 83.9 Å². The number of amides is 1. The van der Waals surface area contributed by atoms with Crippen LogP contribution in [-0.4, -0.2) is 24.4 Å². The highest BCUT2D eigenvalue weighted by Gasteiger charge is 2.14. The van der Waals surface area contributed by atoms with E-state index in [2.05, 4.69) is 15.0 Å². The first-order chi connectivity index (χ1) is 13.4. The minimum Gasteiger partial charge on any atom is -0.508 e. The lowest BCUT2D eigenvalue weighted by molar-refractivity contribution is -0.111. The van der Waals surface area contributed by atoms with Crippen LogP contribution in [0.25, 0.3) is 6.08 Å². The molecule has 0 radical (unpaired) electrons. The van der Waals surface area contributed by atoms with Gasteiger partial charge in [-0.2, -0.15) is 0 Å². The van der Waals surface area contributed by atoms with Crippen LogP contribution in [-0.2, 0) is 14.8 Å². The molecule has 1 amide bonds. The monoisotopic (exact) mass is 395 g/mol. The van der Waals surface area contributed by atoms with Crippen molar-refractivity contribution in [3.63, 3.8) is 0 Å². The number of sulfonamides is 1. The summed E-state index contributed by atoms with van der Waals surface area (Å²) >= 11 is 0. The maximum absolute atomic E-state index is 12.4.